The van der Waals surface area contributed by atoms with Crippen molar-refractivity contribution < 1.29 is 13.9 Å². The van der Waals surface area contributed by atoms with Crippen molar-refractivity contribution in [3.05, 3.63) is 89.3 Å². The first-order valence-corrected chi connectivity index (χ1v) is 9.13. The fraction of sp³-hybridized carbons (Fsp3) is 0.217. The number of nitrogens with zero attached hydrogens (tertiary/aromatic N) is 4. The third-order valence-electron chi connectivity index (χ3n) is 4.77. The first-order valence-electron chi connectivity index (χ1n) is 9.13. The summed E-state index contributed by atoms with van der Waals surface area (Å²) in [5.74, 6) is 1.21. The SMILES string of the molecule is CC(C)C(O)(c1cncnc1)C(F)(F)c1ccc(C#Cc2ccc(C#N)cc2)cn1. The molecule has 0 aliphatic carbocycles. The number of rotatable bonds is 4. The number of pyridine rings is 1. The normalized spacial score (nSPS) is 13.1. The van der Waals surface area contributed by atoms with E-state index in [0.717, 1.165) is 6.07 Å². The van der Waals surface area contributed by atoms with Crippen LogP contribution in [0.1, 0.15) is 41.8 Å². The molecule has 7 heteroatoms. The van der Waals surface area contributed by atoms with E-state index < -0.39 is 23.1 Å². The van der Waals surface area contributed by atoms with Gasteiger partial charge in [-0.05, 0) is 42.3 Å². The molecule has 2 aromatic heterocycles. The van der Waals surface area contributed by atoms with Crippen molar-refractivity contribution in [3.8, 4) is 17.9 Å². The van der Waals surface area contributed by atoms with E-state index in [1.54, 1.807) is 24.3 Å². The van der Waals surface area contributed by atoms with Crippen molar-refractivity contribution in [2.75, 3.05) is 0 Å². The second kappa shape index (κ2) is 8.36. The highest BCUT2D eigenvalue weighted by atomic mass is 19.3. The minimum Gasteiger partial charge on any atom is -0.378 e. The Morgan fingerprint density at radius 1 is 0.900 bits per heavy atom. The maximum Gasteiger partial charge on any atom is 0.322 e. The Morgan fingerprint density at radius 3 is 2.00 bits per heavy atom. The van der Waals surface area contributed by atoms with Crippen LogP contribution in [0.5, 0.6) is 0 Å². The van der Waals surface area contributed by atoms with E-state index in [2.05, 4.69) is 26.8 Å². The largest absolute Gasteiger partial charge is 0.378 e. The van der Waals surface area contributed by atoms with Gasteiger partial charge in [0.1, 0.15) is 12.0 Å². The Kier molecular flexibility index (Phi) is 5.86. The molecule has 5 nitrogen and oxygen atoms in total. The molecule has 0 spiro atoms. The first kappa shape index (κ1) is 21.0. The molecule has 1 aromatic carbocycles. The van der Waals surface area contributed by atoms with Crippen LogP contribution in [0, 0.1) is 29.1 Å². The third kappa shape index (κ3) is 3.89. The summed E-state index contributed by atoms with van der Waals surface area (Å²) < 4.78 is 30.7. The summed E-state index contributed by atoms with van der Waals surface area (Å²) in [5, 5.41) is 19.8. The molecule has 0 bridgehead atoms. The van der Waals surface area contributed by atoms with Crippen LogP contribution >= 0.6 is 0 Å². The predicted molar refractivity (Wildman–Crippen MR) is 106 cm³/mol. The number of hydrogen-bond acceptors (Lipinski definition) is 5. The summed E-state index contributed by atoms with van der Waals surface area (Å²) in [5.41, 5.74) is -1.55. The summed E-state index contributed by atoms with van der Waals surface area (Å²) in [6, 6.07) is 11.3. The summed E-state index contributed by atoms with van der Waals surface area (Å²) in [6.45, 7) is 3.00. The Labute approximate surface area is 173 Å². The lowest BCUT2D eigenvalue weighted by molar-refractivity contribution is -0.220. The van der Waals surface area contributed by atoms with E-state index in [1.165, 1.54) is 44.8 Å². The zero-order chi connectivity index (χ0) is 21.8. The van der Waals surface area contributed by atoms with Gasteiger partial charge in [0.05, 0.1) is 11.6 Å². The van der Waals surface area contributed by atoms with Gasteiger partial charge in [-0.15, -0.1) is 0 Å². The minimum absolute atomic E-state index is 0.0866. The van der Waals surface area contributed by atoms with Gasteiger partial charge in [-0.2, -0.15) is 14.0 Å². The van der Waals surface area contributed by atoms with Crippen molar-refractivity contribution >= 4 is 0 Å². The number of benzene rings is 1. The number of aliphatic hydroxyl groups is 1. The maximum atomic E-state index is 15.4. The summed E-state index contributed by atoms with van der Waals surface area (Å²) in [6.07, 6.45) is 4.81. The molecule has 3 aromatic rings. The van der Waals surface area contributed by atoms with Crippen molar-refractivity contribution in [1.82, 2.24) is 15.0 Å². The van der Waals surface area contributed by atoms with E-state index in [-0.39, 0.29) is 5.56 Å². The number of alkyl halides is 2. The average Bonchev–Trinajstić information content (AvgIpc) is 2.78. The number of nitriles is 1. The molecule has 0 aliphatic rings. The lowest BCUT2D eigenvalue weighted by atomic mass is 9.78. The van der Waals surface area contributed by atoms with Crippen LogP contribution in [0.25, 0.3) is 0 Å². The lowest BCUT2D eigenvalue weighted by Crippen LogP contribution is -2.48. The van der Waals surface area contributed by atoms with Gasteiger partial charge in [0.2, 0.25) is 0 Å². The molecule has 2 heterocycles. The van der Waals surface area contributed by atoms with Crippen molar-refractivity contribution in [1.29, 1.82) is 5.26 Å². The number of hydrogen-bond donors (Lipinski definition) is 1. The van der Waals surface area contributed by atoms with Gasteiger partial charge in [-0.3, -0.25) is 4.98 Å². The molecule has 0 saturated carbocycles. The van der Waals surface area contributed by atoms with Gasteiger partial charge in [0.25, 0.3) is 0 Å². The van der Waals surface area contributed by atoms with Crippen LogP contribution in [0.2, 0.25) is 0 Å². The quantitative estimate of drug-likeness (QED) is 0.669. The highest BCUT2D eigenvalue weighted by Crippen LogP contribution is 2.48. The number of aromatic nitrogens is 3. The Morgan fingerprint density at radius 2 is 1.47 bits per heavy atom. The van der Waals surface area contributed by atoms with Crippen molar-refractivity contribution in [2.24, 2.45) is 5.92 Å². The van der Waals surface area contributed by atoms with Crippen LogP contribution in [0.15, 0.2) is 61.3 Å². The molecule has 0 aliphatic heterocycles. The second-order valence-electron chi connectivity index (χ2n) is 6.99. The standard InChI is InChI=1S/C23H18F2N4O/c1-16(2)22(30,20-13-27-15-28-14-20)23(24,25)21-10-9-19(12-29-21)8-5-17-3-6-18(11-26)7-4-17/h3-4,6-7,9-10,12-16,30H,1-2H3. The Balaban J connectivity index is 1.91. The molecule has 0 radical (unpaired) electrons. The van der Waals surface area contributed by atoms with Gasteiger partial charge in [-0.1, -0.05) is 25.7 Å². The molecule has 0 fully saturated rings. The van der Waals surface area contributed by atoms with E-state index >= 15 is 8.78 Å². The second-order valence-corrected chi connectivity index (χ2v) is 6.99. The molecule has 150 valence electrons. The van der Waals surface area contributed by atoms with E-state index in [9.17, 15) is 5.11 Å². The van der Waals surface area contributed by atoms with Crippen LogP contribution in [0.3, 0.4) is 0 Å². The highest BCUT2D eigenvalue weighted by Gasteiger charge is 2.58. The minimum atomic E-state index is -3.69. The highest BCUT2D eigenvalue weighted by molar-refractivity contribution is 5.44. The fourth-order valence-electron chi connectivity index (χ4n) is 2.99. The van der Waals surface area contributed by atoms with Gasteiger partial charge in [0, 0.05) is 35.3 Å². The van der Waals surface area contributed by atoms with Crippen LogP contribution in [-0.4, -0.2) is 20.1 Å². The van der Waals surface area contributed by atoms with Crippen LogP contribution in [-0.2, 0) is 11.5 Å². The first-order chi connectivity index (χ1) is 14.3. The van der Waals surface area contributed by atoms with Crippen molar-refractivity contribution in [2.45, 2.75) is 25.4 Å². The molecule has 0 saturated heterocycles. The Bertz CT molecular complexity index is 1110. The van der Waals surface area contributed by atoms with E-state index in [1.807, 2.05) is 6.07 Å². The lowest BCUT2D eigenvalue weighted by Gasteiger charge is -2.38. The molecular weight excluding hydrogens is 386 g/mol. The molecular formula is C23H18F2N4O. The van der Waals surface area contributed by atoms with Gasteiger partial charge in [0.15, 0.2) is 5.60 Å². The maximum absolute atomic E-state index is 15.4. The molecule has 0 amide bonds. The fourth-order valence-corrected chi connectivity index (χ4v) is 2.99. The summed E-state index contributed by atoms with van der Waals surface area (Å²) in [7, 11) is 0. The zero-order valence-corrected chi connectivity index (χ0v) is 16.3. The van der Waals surface area contributed by atoms with Gasteiger partial charge < -0.3 is 5.11 Å². The van der Waals surface area contributed by atoms with E-state index in [4.69, 9.17) is 5.26 Å². The van der Waals surface area contributed by atoms with Crippen molar-refractivity contribution in [3.63, 3.8) is 0 Å². The molecule has 1 unspecified atom stereocenters. The summed E-state index contributed by atoms with van der Waals surface area (Å²) in [4.78, 5) is 11.4. The smallest absolute Gasteiger partial charge is 0.322 e. The van der Waals surface area contributed by atoms with E-state index in [0.29, 0.717) is 16.7 Å². The van der Waals surface area contributed by atoms with Gasteiger partial charge >= 0.3 is 5.92 Å². The predicted octanol–water partition coefficient (Wildman–Crippen LogP) is 3.78. The molecule has 1 atom stereocenters. The topological polar surface area (TPSA) is 82.7 Å². The number of halogens is 2. The monoisotopic (exact) mass is 404 g/mol. The molecule has 30 heavy (non-hydrogen) atoms. The average molecular weight is 404 g/mol. The Hall–Kier alpha value is -3.68. The van der Waals surface area contributed by atoms with Crippen LogP contribution < -0.4 is 0 Å². The summed E-state index contributed by atoms with van der Waals surface area (Å²) >= 11 is 0. The molecule has 3 rings (SSSR count). The third-order valence-corrected chi connectivity index (χ3v) is 4.77. The molecule has 1 N–H and O–H groups in total. The zero-order valence-electron chi connectivity index (χ0n) is 16.3. The van der Waals surface area contributed by atoms with Gasteiger partial charge in [-0.25, -0.2) is 9.97 Å². The van der Waals surface area contributed by atoms with Crippen LogP contribution in [0.4, 0.5) is 8.78 Å².